The van der Waals surface area contributed by atoms with Gasteiger partial charge in [-0.15, -0.1) is 0 Å². The molecule has 1 aliphatic rings. The second kappa shape index (κ2) is 6.87. The molecule has 0 unspecified atom stereocenters. The predicted octanol–water partition coefficient (Wildman–Crippen LogP) is 5.16. The van der Waals surface area contributed by atoms with Crippen LogP contribution in [-0.4, -0.2) is 24.3 Å². The van der Waals surface area contributed by atoms with E-state index in [1.54, 1.807) is 12.4 Å². The third-order valence-corrected chi connectivity index (χ3v) is 6.30. The third kappa shape index (κ3) is 2.86. The molecule has 0 bridgehead atoms. The van der Waals surface area contributed by atoms with Gasteiger partial charge in [0, 0.05) is 35.5 Å². The van der Waals surface area contributed by atoms with E-state index in [4.69, 9.17) is 15.7 Å². The van der Waals surface area contributed by atoms with Crippen LogP contribution in [-0.2, 0) is 0 Å². The van der Waals surface area contributed by atoms with Crippen LogP contribution in [0.25, 0.3) is 39.1 Å². The van der Waals surface area contributed by atoms with Gasteiger partial charge in [0.2, 0.25) is 0 Å². The second-order valence-electron chi connectivity index (χ2n) is 8.25. The Labute approximate surface area is 179 Å². The minimum Gasteiger partial charge on any atom is -0.382 e. The summed E-state index contributed by atoms with van der Waals surface area (Å²) in [4.78, 5) is 18.8. The van der Waals surface area contributed by atoms with Gasteiger partial charge in [-0.25, -0.2) is 15.0 Å². The van der Waals surface area contributed by atoms with Crippen molar-refractivity contribution in [3.8, 4) is 22.6 Å². The van der Waals surface area contributed by atoms with Crippen molar-refractivity contribution in [1.82, 2.24) is 24.3 Å². The molecule has 6 heteroatoms. The van der Waals surface area contributed by atoms with Gasteiger partial charge in [-0.05, 0) is 49.6 Å². The molecule has 0 amide bonds. The fraction of sp³-hybridized carbons (Fsp3) is 0.200. The molecule has 31 heavy (non-hydrogen) atoms. The van der Waals surface area contributed by atoms with Crippen molar-refractivity contribution in [2.75, 3.05) is 5.73 Å². The third-order valence-electron chi connectivity index (χ3n) is 6.30. The van der Waals surface area contributed by atoms with Gasteiger partial charge in [-0.3, -0.25) is 9.38 Å². The van der Waals surface area contributed by atoms with E-state index in [0.717, 1.165) is 44.9 Å². The molecule has 0 saturated heterocycles. The number of nitrogen functional groups attached to an aromatic ring is 1. The molecule has 6 rings (SSSR count). The first-order valence-corrected chi connectivity index (χ1v) is 10.6. The highest BCUT2D eigenvalue weighted by Gasteiger charge is 2.27. The number of nitrogens with two attached hydrogens (primary N) is 1. The number of pyridine rings is 2. The number of anilines is 1. The topological polar surface area (TPSA) is 82.0 Å². The van der Waals surface area contributed by atoms with E-state index in [-0.39, 0.29) is 0 Å². The number of fused-ring (bicyclic) bond motifs is 2. The highest BCUT2D eigenvalue weighted by atomic mass is 15.1. The molecule has 0 atom stereocenters. The average Bonchev–Trinajstić information content (AvgIpc) is 3.13. The van der Waals surface area contributed by atoms with Gasteiger partial charge in [0.25, 0.3) is 0 Å². The summed E-state index contributed by atoms with van der Waals surface area (Å²) in [6.07, 6.45) is 9.12. The first-order valence-electron chi connectivity index (χ1n) is 10.6. The largest absolute Gasteiger partial charge is 0.382 e. The number of hydrogen-bond acceptors (Lipinski definition) is 5. The van der Waals surface area contributed by atoms with Crippen LogP contribution in [0.4, 0.5) is 5.82 Å². The summed E-state index contributed by atoms with van der Waals surface area (Å²) in [7, 11) is 0. The number of hydrogen-bond donors (Lipinski definition) is 1. The van der Waals surface area contributed by atoms with Gasteiger partial charge in [0.1, 0.15) is 22.9 Å². The second-order valence-corrected chi connectivity index (χ2v) is 8.25. The lowest BCUT2D eigenvalue weighted by Crippen LogP contribution is -2.12. The standard InChI is InChI=1S/C25H22N6/c1-15-13-21(19-7-2-3-10-27-19)29-20-14-17(8-9-18(15)20)22-23-24(26)28-11-12-31(23)25(30-22)16-5-4-6-16/h2-3,7-14,16H,4-6H2,1H3,(H2,26,28). The summed E-state index contributed by atoms with van der Waals surface area (Å²) in [5, 5.41) is 1.12. The quantitative estimate of drug-likeness (QED) is 0.447. The molecule has 4 aromatic heterocycles. The summed E-state index contributed by atoms with van der Waals surface area (Å²) in [5.41, 5.74) is 12.9. The molecule has 6 nitrogen and oxygen atoms in total. The Morgan fingerprint density at radius 3 is 2.65 bits per heavy atom. The van der Waals surface area contributed by atoms with Crippen LogP contribution in [0, 0.1) is 6.92 Å². The van der Waals surface area contributed by atoms with Crippen LogP contribution in [0.15, 0.2) is 61.1 Å². The normalized spacial score (nSPS) is 14.2. The molecular formula is C25H22N6. The maximum absolute atomic E-state index is 6.31. The maximum Gasteiger partial charge on any atom is 0.150 e. The SMILES string of the molecule is Cc1cc(-c2ccccn2)nc2cc(-c3nc(C4CCC4)n4ccnc(N)c34)ccc12. The Bertz CT molecular complexity index is 1430. The van der Waals surface area contributed by atoms with Gasteiger partial charge in [-0.1, -0.05) is 24.6 Å². The smallest absolute Gasteiger partial charge is 0.150 e. The highest BCUT2D eigenvalue weighted by molar-refractivity contribution is 5.92. The number of imidazole rings is 1. The fourth-order valence-electron chi connectivity index (χ4n) is 4.44. The van der Waals surface area contributed by atoms with E-state index in [1.165, 1.54) is 24.8 Å². The minimum atomic E-state index is 0.486. The van der Waals surface area contributed by atoms with E-state index in [0.29, 0.717) is 11.7 Å². The van der Waals surface area contributed by atoms with E-state index >= 15 is 0 Å². The number of aryl methyl sites for hydroxylation is 1. The predicted molar refractivity (Wildman–Crippen MR) is 123 cm³/mol. The van der Waals surface area contributed by atoms with Crippen LogP contribution in [0.5, 0.6) is 0 Å². The van der Waals surface area contributed by atoms with E-state index < -0.39 is 0 Å². The van der Waals surface area contributed by atoms with E-state index in [2.05, 4.69) is 45.6 Å². The van der Waals surface area contributed by atoms with E-state index in [9.17, 15) is 0 Å². The van der Waals surface area contributed by atoms with Crippen molar-refractivity contribution < 1.29 is 0 Å². The lowest BCUT2D eigenvalue weighted by molar-refractivity contribution is 0.400. The zero-order chi connectivity index (χ0) is 20.9. The molecule has 1 aromatic carbocycles. The fourth-order valence-corrected chi connectivity index (χ4v) is 4.44. The molecule has 4 heterocycles. The summed E-state index contributed by atoms with van der Waals surface area (Å²) in [6.45, 7) is 2.11. The van der Waals surface area contributed by atoms with Gasteiger partial charge in [0.15, 0.2) is 0 Å². The first-order chi connectivity index (χ1) is 15.2. The first kappa shape index (κ1) is 18.0. The minimum absolute atomic E-state index is 0.486. The van der Waals surface area contributed by atoms with Gasteiger partial charge < -0.3 is 5.73 Å². The summed E-state index contributed by atoms with van der Waals surface area (Å²) < 4.78 is 2.12. The van der Waals surface area contributed by atoms with Crippen molar-refractivity contribution >= 4 is 22.2 Å². The Kier molecular flexibility index (Phi) is 3.99. The number of aromatic nitrogens is 5. The number of nitrogens with zero attached hydrogens (tertiary/aromatic N) is 5. The lowest BCUT2D eigenvalue weighted by Gasteiger charge is -2.23. The van der Waals surface area contributed by atoms with Crippen LogP contribution in [0.3, 0.4) is 0 Å². The summed E-state index contributed by atoms with van der Waals surface area (Å²) in [6, 6.07) is 14.3. The average molecular weight is 406 g/mol. The summed E-state index contributed by atoms with van der Waals surface area (Å²) >= 11 is 0. The van der Waals surface area contributed by atoms with Crippen molar-refractivity contribution in [1.29, 1.82) is 0 Å². The lowest BCUT2D eigenvalue weighted by atomic mass is 9.85. The molecule has 5 aromatic rings. The van der Waals surface area contributed by atoms with Crippen LogP contribution in [0.2, 0.25) is 0 Å². The van der Waals surface area contributed by atoms with Gasteiger partial charge in [-0.2, -0.15) is 0 Å². The Hall–Kier alpha value is -3.80. The molecule has 1 aliphatic carbocycles. The zero-order valence-electron chi connectivity index (χ0n) is 17.3. The van der Waals surface area contributed by atoms with Crippen molar-refractivity contribution in [2.24, 2.45) is 0 Å². The van der Waals surface area contributed by atoms with Gasteiger partial charge in [0.05, 0.1) is 16.9 Å². The van der Waals surface area contributed by atoms with Crippen molar-refractivity contribution in [3.63, 3.8) is 0 Å². The molecular weight excluding hydrogens is 384 g/mol. The highest BCUT2D eigenvalue weighted by Crippen LogP contribution is 2.39. The Balaban J connectivity index is 1.56. The maximum atomic E-state index is 6.31. The van der Waals surface area contributed by atoms with Crippen molar-refractivity contribution in [3.05, 3.63) is 72.4 Å². The van der Waals surface area contributed by atoms with Crippen LogP contribution < -0.4 is 5.73 Å². The number of rotatable bonds is 3. The molecule has 0 spiro atoms. The monoisotopic (exact) mass is 406 g/mol. The Morgan fingerprint density at radius 2 is 1.87 bits per heavy atom. The summed E-state index contributed by atoms with van der Waals surface area (Å²) in [5.74, 6) is 2.07. The van der Waals surface area contributed by atoms with Crippen molar-refractivity contribution in [2.45, 2.75) is 32.1 Å². The molecule has 152 valence electrons. The van der Waals surface area contributed by atoms with E-state index in [1.807, 2.05) is 24.4 Å². The molecule has 2 N–H and O–H groups in total. The van der Waals surface area contributed by atoms with Gasteiger partial charge >= 0.3 is 0 Å². The Morgan fingerprint density at radius 1 is 0.968 bits per heavy atom. The molecule has 1 saturated carbocycles. The zero-order valence-corrected chi connectivity index (χ0v) is 17.3. The molecule has 0 radical (unpaired) electrons. The van der Waals surface area contributed by atoms with Crippen LogP contribution >= 0.6 is 0 Å². The molecule has 1 fully saturated rings. The molecule has 0 aliphatic heterocycles. The van der Waals surface area contributed by atoms with Crippen LogP contribution in [0.1, 0.15) is 36.6 Å². The number of benzene rings is 1.